The molecular weight excluding hydrogens is 368 g/mol. The van der Waals surface area contributed by atoms with Crippen molar-refractivity contribution < 1.29 is 14.3 Å². The fraction of sp³-hybridized carbons (Fsp3) is 0.500. The van der Waals surface area contributed by atoms with Crippen molar-refractivity contribution in [2.75, 3.05) is 26.7 Å². The summed E-state index contributed by atoms with van der Waals surface area (Å²) in [5, 5.41) is 4.24. The van der Waals surface area contributed by atoms with Crippen LogP contribution in [0.1, 0.15) is 30.5 Å². The van der Waals surface area contributed by atoms with Gasteiger partial charge in [0.1, 0.15) is 5.75 Å². The summed E-state index contributed by atoms with van der Waals surface area (Å²) < 4.78 is 7.43. The Morgan fingerprint density at radius 2 is 1.90 bits per heavy atom. The molecule has 0 saturated carbocycles. The van der Waals surface area contributed by atoms with Crippen LogP contribution in [0, 0.1) is 12.8 Å². The molecule has 1 saturated heterocycles. The Kier molecular flexibility index (Phi) is 6.90. The van der Waals surface area contributed by atoms with Gasteiger partial charge in [0.05, 0.1) is 19.2 Å². The van der Waals surface area contributed by atoms with Gasteiger partial charge in [0.2, 0.25) is 11.8 Å². The average Bonchev–Trinajstić information content (AvgIpc) is 3.06. The van der Waals surface area contributed by atoms with Crippen LogP contribution >= 0.6 is 0 Å². The van der Waals surface area contributed by atoms with Crippen molar-refractivity contribution >= 4 is 11.8 Å². The van der Waals surface area contributed by atoms with Crippen LogP contribution in [-0.4, -0.2) is 58.1 Å². The van der Waals surface area contributed by atoms with E-state index in [0.29, 0.717) is 45.5 Å². The summed E-state index contributed by atoms with van der Waals surface area (Å²) in [6, 6.07) is 9.51. The van der Waals surface area contributed by atoms with Gasteiger partial charge in [-0.15, -0.1) is 0 Å². The third-order valence-electron chi connectivity index (χ3n) is 5.65. The zero-order valence-corrected chi connectivity index (χ0v) is 17.5. The number of nitrogens with zero attached hydrogens (tertiary/aromatic N) is 4. The molecule has 7 nitrogen and oxygen atoms in total. The van der Waals surface area contributed by atoms with Gasteiger partial charge in [-0.3, -0.25) is 14.3 Å². The quantitative estimate of drug-likeness (QED) is 0.718. The number of amides is 2. The molecule has 1 aromatic carbocycles. The van der Waals surface area contributed by atoms with Gasteiger partial charge in [0.25, 0.3) is 0 Å². The highest BCUT2D eigenvalue weighted by molar-refractivity contribution is 5.80. The van der Waals surface area contributed by atoms with Gasteiger partial charge in [0, 0.05) is 50.9 Å². The molecule has 29 heavy (non-hydrogen) atoms. The van der Waals surface area contributed by atoms with Gasteiger partial charge in [-0.1, -0.05) is 18.2 Å². The minimum Gasteiger partial charge on any atom is -0.493 e. The van der Waals surface area contributed by atoms with E-state index in [-0.39, 0.29) is 17.7 Å². The molecule has 7 heteroatoms. The van der Waals surface area contributed by atoms with Crippen molar-refractivity contribution in [3.63, 3.8) is 0 Å². The lowest BCUT2D eigenvalue weighted by Crippen LogP contribution is -2.43. The minimum atomic E-state index is -0.0263. The predicted molar refractivity (Wildman–Crippen MR) is 110 cm³/mol. The van der Waals surface area contributed by atoms with Crippen LogP contribution in [0.25, 0.3) is 0 Å². The monoisotopic (exact) mass is 398 g/mol. The number of rotatable bonds is 7. The molecule has 0 radical (unpaired) electrons. The number of para-hydroxylation sites is 1. The molecule has 3 rings (SSSR count). The van der Waals surface area contributed by atoms with Gasteiger partial charge < -0.3 is 14.5 Å². The van der Waals surface area contributed by atoms with E-state index in [1.54, 1.807) is 4.90 Å². The molecule has 2 heterocycles. The number of benzene rings is 1. The van der Waals surface area contributed by atoms with Crippen LogP contribution in [0.4, 0.5) is 0 Å². The number of aromatic nitrogens is 2. The highest BCUT2D eigenvalue weighted by Gasteiger charge is 2.29. The topological polar surface area (TPSA) is 67.7 Å². The van der Waals surface area contributed by atoms with Crippen molar-refractivity contribution in [1.29, 1.82) is 0 Å². The first-order chi connectivity index (χ1) is 14.0. The van der Waals surface area contributed by atoms with Crippen LogP contribution in [0.2, 0.25) is 0 Å². The maximum Gasteiger partial charge on any atom is 0.225 e. The first-order valence-corrected chi connectivity index (χ1v) is 10.1. The lowest BCUT2D eigenvalue weighted by molar-refractivity contribution is -0.140. The molecule has 0 N–H and O–H groups in total. The van der Waals surface area contributed by atoms with Crippen LogP contribution in [-0.2, 0) is 23.2 Å². The Balaban J connectivity index is 1.41. The second-order valence-electron chi connectivity index (χ2n) is 7.64. The minimum absolute atomic E-state index is 0.0263. The molecule has 1 aliphatic rings. The Morgan fingerprint density at radius 1 is 1.21 bits per heavy atom. The summed E-state index contributed by atoms with van der Waals surface area (Å²) in [5.41, 5.74) is 2.14. The molecule has 1 aliphatic heterocycles. The second-order valence-corrected chi connectivity index (χ2v) is 7.64. The summed E-state index contributed by atoms with van der Waals surface area (Å²) >= 11 is 0. The van der Waals surface area contributed by atoms with Crippen molar-refractivity contribution in [2.24, 2.45) is 13.0 Å². The van der Waals surface area contributed by atoms with E-state index in [9.17, 15) is 9.59 Å². The molecule has 0 aliphatic carbocycles. The number of carbonyl (C=O) groups is 2. The van der Waals surface area contributed by atoms with E-state index in [1.165, 1.54) is 0 Å². The summed E-state index contributed by atoms with van der Waals surface area (Å²) in [6.07, 6.45) is 3.59. The Hall–Kier alpha value is -2.83. The highest BCUT2D eigenvalue weighted by Crippen LogP contribution is 2.21. The van der Waals surface area contributed by atoms with Crippen LogP contribution in [0.15, 0.2) is 36.5 Å². The van der Waals surface area contributed by atoms with Gasteiger partial charge in [-0.05, 0) is 31.9 Å². The standard InChI is InChI=1S/C22H30N4O3/c1-17-19(15-23-25(17)3)16-24(2)22(28)18-9-12-26(13-10-18)21(27)11-14-29-20-7-5-4-6-8-20/h4-8,15,18H,9-14,16H2,1-3H3. The molecular formula is C22H30N4O3. The van der Waals surface area contributed by atoms with E-state index in [0.717, 1.165) is 17.0 Å². The largest absolute Gasteiger partial charge is 0.493 e. The fourth-order valence-corrected chi connectivity index (χ4v) is 3.65. The molecule has 156 valence electrons. The molecule has 0 bridgehead atoms. The summed E-state index contributed by atoms with van der Waals surface area (Å²) in [7, 11) is 3.74. The second kappa shape index (κ2) is 9.58. The Labute approximate surface area is 172 Å². The molecule has 0 unspecified atom stereocenters. The van der Waals surface area contributed by atoms with Crippen LogP contribution in [0.5, 0.6) is 5.75 Å². The highest BCUT2D eigenvalue weighted by atomic mass is 16.5. The number of carbonyl (C=O) groups excluding carboxylic acids is 2. The van der Waals surface area contributed by atoms with Gasteiger partial charge in [-0.2, -0.15) is 5.10 Å². The molecule has 1 aromatic heterocycles. The third-order valence-corrected chi connectivity index (χ3v) is 5.65. The molecule has 0 spiro atoms. The molecule has 2 aromatic rings. The zero-order chi connectivity index (χ0) is 20.8. The predicted octanol–water partition coefficient (Wildman–Crippen LogP) is 2.39. The molecule has 1 fully saturated rings. The normalized spacial score (nSPS) is 14.7. The van der Waals surface area contributed by atoms with Gasteiger partial charge in [-0.25, -0.2) is 0 Å². The SMILES string of the molecule is Cc1c(CN(C)C(=O)C2CCN(C(=O)CCOc3ccccc3)CC2)cnn1C. The smallest absolute Gasteiger partial charge is 0.225 e. The van der Waals surface area contributed by atoms with E-state index < -0.39 is 0 Å². The lowest BCUT2D eigenvalue weighted by atomic mass is 9.95. The van der Waals surface area contributed by atoms with E-state index in [1.807, 2.05) is 67.1 Å². The lowest BCUT2D eigenvalue weighted by Gasteiger charge is -2.33. The molecule has 0 atom stereocenters. The first kappa shape index (κ1) is 20.9. The van der Waals surface area contributed by atoms with E-state index >= 15 is 0 Å². The number of likely N-dealkylation sites (tertiary alicyclic amines) is 1. The first-order valence-electron chi connectivity index (χ1n) is 10.1. The van der Waals surface area contributed by atoms with Crippen LogP contribution in [0.3, 0.4) is 0 Å². The van der Waals surface area contributed by atoms with Crippen molar-refractivity contribution in [2.45, 2.75) is 32.7 Å². The zero-order valence-electron chi connectivity index (χ0n) is 17.5. The fourth-order valence-electron chi connectivity index (χ4n) is 3.65. The summed E-state index contributed by atoms with van der Waals surface area (Å²) in [6.45, 7) is 4.19. The Bertz CT molecular complexity index is 826. The summed E-state index contributed by atoms with van der Waals surface area (Å²) in [4.78, 5) is 28.9. The molecule has 2 amide bonds. The number of hydrogen-bond donors (Lipinski definition) is 0. The number of ether oxygens (including phenoxy) is 1. The summed E-state index contributed by atoms with van der Waals surface area (Å²) in [5.74, 6) is 0.983. The maximum atomic E-state index is 12.8. The Morgan fingerprint density at radius 3 is 2.52 bits per heavy atom. The van der Waals surface area contributed by atoms with E-state index in [4.69, 9.17) is 4.74 Å². The van der Waals surface area contributed by atoms with E-state index in [2.05, 4.69) is 5.10 Å². The van der Waals surface area contributed by atoms with Crippen molar-refractivity contribution in [1.82, 2.24) is 19.6 Å². The van der Waals surface area contributed by atoms with Crippen LogP contribution < -0.4 is 4.74 Å². The van der Waals surface area contributed by atoms with Gasteiger partial charge in [0.15, 0.2) is 0 Å². The van der Waals surface area contributed by atoms with Crippen molar-refractivity contribution in [3.8, 4) is 5.75 Å². The van der Waals surface area contributed by atoms with Crippen molar-refractivity contribution in [3.05, 3.63) is 47.8 Å². The number of aryl methyl sites for hydroxylation is 1. The number of hydrogen-bond acceptors (Lipinski definition) is 4. The average molecular weight is 399 g/mol. The third kappa shape index (κ3) is 5.37. The maximum absolute atomic E-state index is 12.8. The number of piperidine rings is 1. The van der Waals surface area contributed by atoms with Gasteiger partial charge >= 0.3 is 0 Å².